The summed E-state index contributed by atoms with van der Waals surface area (Å²) in [6, 6.07) is 6.10. The van der Waals surface area contributed by atoms with Crippen LogP contribution >= 0.6 is 0 Å². The molecule has 4 heteroatoms. The van der Waals surface area contributed by atoms with Gasteiger partial charge in [0.1, 0.15) is 12.4 Å². The molecule has 0 bridgehead atoms. The molecule has 0 saturated heterocycles. The lowest BCUT2D eigenvalue weighted by molar-refractivity contribution is 0.0600. The summed E-state index contributed by atoms with van der Waals surface area (Å²) in [4.78, 5) is 0. The van der Waals surface area contributed by atoms with Crippen LogP contribution in [0.5, 0.6) is 5.75 Å². The van der Waals surface area contributed by atoms with Crippen molar-refractivity contribution in [2.45, 2.75) is 13.5 Å². The van der Waals surface area contributed by atoms with E-state index in [1.807, 2.05) is 19.1 Å². The van der Waals surface area contributed by atoms with Gasteiger partial charge in [-0.25, -0.2) is 0 Å². The monoisotopic (exact) mass is 254 g/mol. The van der Waals surface area contributed by atoms with Gasteiger partial charge in [0.15, 0.2) is 0 Å². The van der Waals surface area contributed by atoms with Crippen molar-refractivity contribution in [1.29, 1.82) is 0 Å². The minimum absolute atomic E-state index is 0.534. The van der Waals surface area contributed by atoms with E-state index >= 15 is 0 Å². The van der Waals surface area contributed by atoms with Gasteiger partial charge >= 0.3 is 0 Å². The molecule has 4 nitrogen and oxygen atoms in total. The average Bonchev–Trinajstić information content (AvgIpc) is 2.37. The maximum absolute atomic E-state index is 5.68. The highest BCUT2D eigenvalue weighted by Gasteiger charge is 2.04. The topological polar surface area (TPSA) is 36.9 Å². The molecule has 0 atom stereocenters. The second-order valence-corrected chi connectivity index (χ2v) is 4.00. The molecule has 0 heterocycles. The Balaban J connectivity index is 2.52. The largest absolute Gasteiger partial charge is 0.491 e. The summed E-state index contributed by atoms with van der Waals surface area (Å²) in [5.41, 5.74) is 2.22. The molecule has 0 aliphatic rings. The number of methoxy groups -OCH3 is 2. The van der Waals surface area contributed by atoms with Crippen molar-refractivity contribution in [3.63, 3.8) is 0 Å². The quantitative estimate of drug-likeness (QED) is 0.633. The van der Waals surface area contributed by atoms with Gasteiger partial charge < -0.3 is 18.9 Å². The van der Waals surface area contributed by atoms with E-state index in [2.05, 4.69) is 6.07 Å². The predicted octanol–water partition coefficient (Wildman–Crippen LogP) is 2.18. The summed E-state index contributed by atoms with van der Waals surface area (Å²) in [5, 5.41) is 0. The normalized spacial score (nSPS) is 10.6. The van der Waals surface area contributed by atoms with E-state index in [1.165, 1.54) is 5.56 Å². The van der Waals surface area contributed by atoms with E-state index in [0.717, 1.165) is 11.3 Å². The third-order valence-corrected chi connectivity index (χ3v) is 2.46. The smallest absolute Gasteiger partial charge is 0.125 e. The predicted molar refractivity (Wildman–Crippen MR) is 70.1 cm³/mol. The van der Waals surface area contributed by atoms with Crippen molar-refractivity contribution >= 4 is 0 Å². The molecule has 18 heavy (non-hydrogen) atoms. The molecule has 0 radical (unpaired) electrons. The first-order chi connectivity index (χ1) is 8.77. The van der Waals surface area contributed by atoms with Gasteiger partial charge in [0.05, 0.1) is 26.4 Å². The van der Waals surface area contributed by atoms with Crippen LogP contribution in [0.2, 0.25) is 0 Å². The lowest BCUT2D eigenvalue weighted by Gasteiger charge is -2.12. The fraction of sp³-hybridized carbons (Fsp3) is 0.571. The van der Waals surface area contributed by atoms with Gasteiger partial charge in [0.2, 0.25) is 0 Å². The molecule has 0 saturated carbocycles. The fourth-order valence-electron chi connectivity index (χ4n) is 1.47. The van der Waals surface area contributed by atoms with E-state index < -0.39 is 0 Å². The Labute approximate surface area is 109 Å². The lowest BCUT2D eigenvalue weighted by Crippen LogP contribution is -2.07. The summed E-state index contributed by atoms with van der Waals surface area (Å²) in [7, 11) is 3.32. The van der Waals surface area contributed by atoms with Crippen molar-refractivity contribution in [2.75, 3.05) is 40.6 Å². The molecule has 0 amide bonds. The average molecular weight is 254 g/mol. The Morgan fingerprint density at radius 1 is 0.944 bits per heavy atom. The third kappa shape index (κ3) is 5.49. The maximum Gasteiger partial charge on any atom is 0.125 e. The summed E-state index contributed by atoms with van der Waals surface area (Å²) < 4.78 is 21.1. The number of aryl methyl sites for hydroxylation is 1. The molecule has 0 N–H and O–H groups in total. The molecule has 0 aliphatic carbocycles. The molecule has 0 unspecified atom stereocenters. The van der Waals surface area contributed by atoms with Crippen LogP contribution in [0.1, 0.15) is 11.1 Å². The first-order valence-corrected chi connectivity index (χ1v) is 6.06. The second-order valence-electron chi connectivity index (χ2n) is 4.00. The van der Waals surface area contributed by atoms with Gasteiger partial charge in [-0.1, -0.05) is 12.1 Å². The van der Waals surface area contributed by atoms with E-state index in [1.54, 1.807) is 14.2 Å². The van der Waals surface area contributed by atoms with Gasteiger partial charge in [0, 0.05) is 19.8 Å². The molecule has 0 aliphatic heterocycles. The molecule has 1 aromatic rings. The highest BCUT2D eigenvalue weighted by Crippen LogP contribution is 2.21. The van der Waals surface area contributed by atoms with Crippen LogP contribution in [0, 0.1) is 6.92 Å². The standard InChI is InChI=1S/C14H22O4/c1-12-4-5-13(11-17-8-6-15-2)14(10-12)18-9-7-16-3/h4-5,10H,6-9,11H2,1-3H3. The van der Waals surface area contributed by atoms with Gasteiger partial charge in [-0.2, -0.15) is 0 Å². The van der Waals surface area contributed by atoms with Gasteiger partial charge in [-0.3, -0.25) is 0 Å². The van der Waals surface area contributed by atoms with E-state index in [9.17, 15) is 0 Å². The van der Waals surface area contributed by atoms with Crippen molar-refractivity contribution < 1.29 is 18.9 Å². The van der Waals surface area contributed by atoms with Crippen molar-refractivity contribution in [3.05, 3.63) is 29.3 Å². The number of hydrogen-bond donors (Lipinski definition) is 0. The highest BCUT2D eigenvalue weighted by atomic mass is 16.5. The van der Waals surface area contributed by atoms with Crippen LogP contribution < -0.4 is 4.74 Å². The molecule has 0 fully saturated rings. The van der Waals surface area contributed by atoms with Crippen LogP contribution in [0.15, 0.2) is 18.2 Å². The molecule has 102 valence electrons. The Kier molecular flexibility index (Phi) is 7.41. The van der Waals surface area contributed by atoms with Gasteiger partial charge in [0.25, 0.3) is 0 Å². The highest BCUT2D eigenvalue weighted by molar-refractivity contribution is 5.36. The van der Waals surface area contributed by atoms with Crippen LogP contribution in [0.25, 0.3) is 0 Å². The zero-order chi connectivity index (χ0) is 13.2. The van der Waals surface area contributed by atoms with Crippen molar-refractivity contribution in [3.8, 4) is 5.75 Å². The van der Waals surface area contributed by atoms with Crippen LogP contribution in [-0.4, -0.2) is 40.6 Å². The number of hydrogen-bond acceptors (Lipinski definition) is 4. The minimum atomic E-state index is 0.534. The van der Waals surface area contributed by atoms with Crippen LogP contribution in [-0.2, 0) is 20.8 Å². The summed E-state index contributed by atoms with van der Waals surface area (Å²) in [5.74, 6) is 0.865. The Morgan fingerprint density at radius 3 is 2.39 bits per heavy atom. The number of benzene rings is 1. The van der Waals surface area contributed by atoms with Crippen molar-refractivity contribution in [1.82, 2.24) is 0 Å². The molecular formula is C14H22O4. The fourth-order valence-corrected chi connectivity index (χ4v) is 1.47. The molecule has 1 rings (SSSR count). The molecular weight excluding hydrogens is 232 g/mol. The Hall–Kier alpha value is -1.10. The summed E-state index contributed by atoms with van der Waals surface area (Å²) >= 11 is 0. The maximum atomic E-state index is 5.68. The zero-order valence-corrected chi connectivity index (χ0v) is 11.4. The Morgan fingerprint density at radius 2 is 1.67 bits per heavy atom. The van der Waals surface area contributed by atoms with Crippen molar-refractivity contribution in [2.24, 2.45) is 0 Å². The molecule has 0 aromatic heterocycles. The third-order valence-electron chi connectivity index (χ3n) is 2.46. The summed E-state index contributed by atoms with van der Waals surface area (Å²) in [6.07, 6.45) is 0. The summed E-state index contributed by atoms with van der Waals surface area (Å²) in [6.45, 7) is 4.89. The van der Waals surface area contributed by atoms with E-state index in [-0.39, 0.29) is 0 Å². The SMILES string of the molecule is COCCOCc1ccc(C)cc1OCCOC. The zero-order valence-electron chi connectivity index (χ0n) is 11.4. The van der Waals surface area contributed by atoms with Crippen LogP contribution in [0.3, 0.4) is 0 Å². The van der Waals surface area contributed by atoms with Crippen LogP contribution in [0.4, 0.5) is 0 Å². The minimum Gasteiger partial charge on any atom is -0.491 e. The van der Waals surface area contributed by atoms with E-state index in [4.69, 9.17) is 18.9 Å². The first kappa shape index (κ1) is 15.0. The van der Waals surface area contributed by atoms with Gasteiger partial charge in [-0.05, 0) is 18.6 Å². The molecule has 0 spiro atoms. The first-order valence-electron chi connectivity index (χ1n) is 6.06. The number of ether oxygens (including phenoxy) is 4. The lowest BCUT2D eigenvalue weighted by atomic mass is 10.1. The second kappa shape index (κ2) is 8.91. The Bertz CT molecular complexity index is 339. The molecule has 1 aromatic carbocycles. The van der Waals surface area contributed by atoms with Gasteiger partial charge in [-0.15, -0.1) is 0 Å². The number of rotatable bonds is 9. The van der Waals surface area contributed by atoms with E-state index in [0.29, 0.717) is 33.0 Å².